The van der Waals surface area contributed by atoms with E-state index in [-0.39, 0.29) is 0 Å². The summed E-state index contributed by atoms with van der Waals surface area (Å²) in [6.07, 6.45) is 1.40. The summed E-state index contributed by atoms with van der Waals surface area (Å²) in [7, 11) is 0. The van der Waals surface area contributed by atoms with Crippen molar-refractivity contribution in [2.45, 2.75) is 27.3 Å². The van der Waals surface area contributed by atoms with Gasteiger partial charge in [0.1, 0.15) is 23.9 Å². The Morgan fingerprint density at radius 1 is 1.16 bits per heavy atom. The van der Waals surface area contributed by atoms with E-state index in [4.69, 9.17) is 5.26 Å². The van der Waals surface area contributed by atoms with Crippen LogP contribution >= 0.6 is 0 Å². The molecule has 0 unspecified atom stereocenters. The Balaban J connectivity index is 2.15. The van der Waals surface area contributed by atoms with Gasteiger partial charge < -0.3 is 5.32 Å². The number of aryl methyl sites for hydroxylation is 1. The standard InChI is InChI=1S/C15H16N4/c1-10-4-5-13(12(3)11(10)2)8-17-15-6-14(7-16)18-9-19-15/h4-6,9H,8H2,1-3H3,(H,17,18,19). The molecule has 0 fully saturated rings. The summed E-state index contributed by atoms with van der Waals surface area (Å²) >= 11 is 0. The molecular weight excluding hydrogens is 236 g/mol. The summed E-state index contributed by atoms with van der Waals surface area (Å²) < 4.78 is 0. The third kappa shape index (κ3) is 2.89. The van der Waals surface area contributed by atoms with Crippen molar-refractivity contribution < 1.29 is 0 Å². The first-order valence-corrected chi connectivity index (χ1v) is 6.13. The van der Waals surface area contributed by atoms with Crippen LogP contribution in [-0.2, 0) is 6.54 Å². The van der Waals surface area contributed by atoms with Crippen LogP contribution in [0.3, 0.4) is 0 Å². The minimum Gasteiger partial charge on any atom is -0.366 e. The van der Waals surface area contributed by atoms with Gasteiger partial charge in [0.2, 0.25) is 0 Å². The fraction of sp³-hybridized carbons (Fsp3) is 0.267. The molecule has 1 aromatic heterocycles. The first-order chi connectivity index (χ1) is 9.11. The van der Waals surface area contributed by atoms with Gasteiger partial charge in [0.05, 0.1) is 0 Å². The second kappa shape index (κ2) is 5.49. The fourth-order valence-electron chi connectivity index (χ4n) is 1.90. The normalized spacial score (nSPS) is 10.0. The number of nitrogens with zero attached hydrogens (tertiary/aromatic N) is 3. The van der Waals surface area contributed by atoms with Crippen LogP contribution in [0.4, 0.5) is 5.82 Å². The van der Waals surface area contributed by atoms with Gasteiger partial charge in [-0.3, -0.25) is 0 Å². The van der Waals surface area contributed by atoms with Gasteiger partial charge in [0.25, 0.3) is 0 Å². The van der Waals surface area contributed by atoms with Crippen molar-refractivity contribution >= 4 is 5.82 Å². The van der Waals surface area contributed by atoms with Gasteiger partial charge in [-0.15, -0.1) is 0 Å². The first kappa shape index (κ1) is 13.0. The lowest BCUT2D eigenvalue weighted by Crippen LogP contribution is -2.05. The van der Waals surface area contributed by atoms with Gasteiger partial charge in [-0.1, -0.05) is 12.1 Å². The molecule has 1 aromatic carbocycles. The molecule has 0 aliphatic rings. The monoisotopic (exact) mass is 252 g/mol. The summed E-state index contributed by atoms with van der Waals surface area (Å²) in [6, 6.07) is 7.90. The van der Waals surface area contributed by atoms with Crippen molar-refractivity contribution in [1.82, 2.24) is 9.97 Å². The molecule has 1 heterocycles. The van der Waals surface area contributed by atoms with E-state index in [0.717, 1.165) is 0 Å². The first-order valence-electron chi connectivity index (χ1n) is 6.13. The highest BCUT2D eigenvalue weighted by Gasteiger charge is 2.04. The zero-order valence-corrected chi connectivity index (χ0v) is 11.4. The smallest absolute Gasteiger partial charge is 0.145 e. The molecule has 4 heteroatoms. The largest absolute Gasteiger partial charge is 0.366 e. The van der Waals surface area contributed by atoms with Crippen molar-refractivity contribution in [2.75, 3.05) is 5.32 Å². The minimum absolute atomic E-state index is 0.370. The molecule has 0 radical (unpaired) electrons. The second-order valence-electron chi connectivity index (χ2n) is 4.55. The third-order valence-electron chi connectivity index (χ3n) is 3.41. The molecule has 1 N–H and O–H groups in total. The van der Waals surface area contributed by atoms with Crippen molar-refractivity contribution in [3.05, 3.63) is 52.5 Å². The average molecular weight is 252 g/mol. The predicted molar refractivity (Wildman–Crippen MR) is 74.7 cm³/mol. The molecular formula is C15H16N4. The molecule has 0 aliphatic heterocycles. The fourth-order valence-corrected chi connectivity index (χ4v) is 1.90. The highest BCUT2D eigenvalue weighted by molar-refractivity contribution is 5.43. The number of rotatable bonds is 3. The molecule has 0 amide bonds. The summed E-state index contributed by atoms with van der Waals surface area (Å²) in [5.74, 6) is 0.671. The Morgan fingerprint density at radius 3 is 2.68 bits per heavy atom. The number of aromatic nitrogens is 2. The average Bonchev–Trinajstić information content (AvgIpc) is 2.44. The highest BCUT2D eigenvalue weighted by Crippen LogP contribution is 2.18. The van der Waals surface area contributed by atoms with Crippen molar-refractivity contribution in [3.8, 4) is 6.07 Å². The van der Waals surface area contributed by atoms with Gasteiger partial charge >= 0.3 is 0 Å². The lowest BCUT2D eigenvalue weighted by molar-refractivity contribution is 1.05. The van der Waals surface area contributed by atoms with E-state index in [1.165, 1.54) is 28.6 Å². The summed E-state index contributed by atoms with van der Waals surface area (Å²) in [6.45, 7) is 7.06. The van der Waals surface area contributed by atoms with E-state index >= 15 is 0 Å². The van der Waals surface area contributed by atoms with Crippen molar-refractivity contribution in [1.29, 1.82) is 5.26 Å². The van der Waals surface area contributed by atoms with E-state index in [9.17, 15) is 0 Å². The van der Waals surface area contributed by atoms with Crippen LogP contribution in [0.2, 0.25) is 0 Å². The Bertz CT molecular complexity index is 641. The van der Waals surface area contributed by atoms with Gasteiger partial charge in [-0.25, -0.2) is 9.97 Å². The SMILES string of the molecule is Cc1ccc(CNc2cc(C#N)ncn2)c(C)c1C. The second-order valence-corrected chi connectivity index (χ2v) is 4.55. The lowest BCUT2D eigenvalue weighted by atomic mass is 9.99. The minimum atomic E-state index is 0.370. The van der Waals surface area contributed by atoms with Crippen molar-refractivity contribution in [2.24, 2.45) is 0 Å². The Morgan fingerprint density at radius 2 is 1.95 bits per heavy atom. The zero-order valence-electron chi connectivity index (χ0n) is 11.4. The van der Waals surface area contributed by atoms with Gasteiger partial charge in [-0.2, -0.15) is 5.26 Å². The molecule has 0 spiro atoms. The number of nitrogens with one attached hydrogen (secondary N) is 1. The number of benzene rings is 1. The van der Waals surface area contributed by atoms with Crippen LogP contribution in [0.25, 0.3) is 0 Å². The number of nitriles is 1. The van der Waals surface area contributed by atoms with Crippen LogP contribution in [0.1, 0.15) is 27.9 Å². The summed E-state index contributed by atoms with van der Waals surface area (Å²) in [5.41, 5.74) is 5.52. The maximum atomic E-state index is 8.79. The zero-order chi connectivity index (χ0) is 13.8. The third-order valence-corrected chi connectivity index (χ3v) is 3.41. The molecule has 0 saturated carbocycles. The summed E-state index contributed by atoms with van der Waals surface area (Å²) in [4.78, 5) is 7.94. The van der Waals surface area contributed by atoms with E-state index in [1.54, 1.807) is 6.07 Å². The van der Waals surface area contributed by atoms with Gasteiger partial charge in [0, 0.05) is 12.6 Å². The van der Waals surface area contributed by atoms with E-state index in [2.05, 4.69) is 48.2 Å². The Kier molecular flexibility index (Phi) is 3.76. The molecule has 0 atom stereocenters. The Hall–Kier alpha value is -2.41. The molecule has 4 nitrogen and oxygen atoms in total. The molecule has 0 bridgehead atoms. The Labute approximate surface area is 113 Å². The van der Waals surface area contributed by atoms with Crippen LogP contribution in [0.15, 0.2) is 24.5 Å². The van der Waals surface area contributed by atoms with E-state index in [0.29, 0.717) is 18.1 Å². The maximum absolute atomic E-state index is 8.79. The molecule has 96 valence electrons. The van der Waals surface area contributed by atoms with Crippen LogP contribution < -0.4 is 5.32 Å². The number of hydrogen-bond donors (Lipinski definition) is 1. The van der Waals surface area contributed by atoms with Crippen LogP contribution in [0, 0.1) is 32.1 Å². The lowest BCUT2D eigenvalue weighted by Gasteiger charge is -2.12. The van der Waals surface area contributed by atoms with Gasteiger partial charge in [-0.05, 0) is 43.0 Å². The molecule has 2 rings (SSSR count). The topological polar surface area (TPSA) is 61.6 Å². The molecule has 19 heavy (non-hydrogen) atoms. The number of anilines is 1. The predicted octanol–water partition coefficient (Wildman–Crippen LogP) is 2.89. The highest BCUT2D eigenvalue weighted by atomic mass is 15.0. The van der Waals surface area contributed by atoms with Crippen molar-refractivity contribution in [3.63, 3.8) is 0 Å². The van der Waals surface area contributed by atoms with Crippen LogP contribution in [0.5, 0.6) is 0 Å². The van der Waals surface area contributed by atoms with Crippen LogP contribution in [-0.4, -0.2) is 9.97 Å². The summed E-state index contributed by atoms with van der Waals surface area (Å²) in [5, 5.41) is 12.0. The van der Waals surface area contributed by atoms with E-state index in [1.807, 2.05) is 6.07 Å². The number of hydrogen-bond acceptors (Lipinski definition) is 4. The van der Waals surface area contributed by atoms with E-state index < -0.39 is 0 Å². The molecule has 2 aromatic rings. The molecule has 0 saturated heterocycles. The molecule has 0 aliphatic carbocycles. The van der Waals surface area contributed by atoms with Gasteiger partial charge in [0.15, 0.2) is 0 Å². The maximum Gasteiger partial charge on any atom is 0.145 e. The quantitative estimate of drug-likeness (QED) is 0.912.